The van der Waals surface area contributed by atoms with E-state index >= 15 is 0 Å². The van der Waals surface area contributed by atoms with Gasteiger partial charge in [0.2, 0.25) is 0 Å². The molecule has 0 spiro atoms. The number of hydrogen-bond donors (Lipinski definition) is 1. The van der Waals surface area contributed by atoms with Crippen LogP contribution in [-0.4, -0.2) is 43.4 Å². The lowest BCUT2D eigenvalue weighted by Gasteiger charge is -2.37. The first kappa shape index (κ1) is 16.5. The van der Waals surface area contributed by atoms with Crippen molar-refractivity contribution in [1.82, 2.24) is 24.2 Å². The SMILES string of the molecule is CC(C)c1nn(C)cc1NC(=O)N1CC[C@@H](C)[C@@H](n2ccnc2)C1. The van der Waals surface area contributed by atoms with Crippen molar-refractivity contribution in [3.63, 3.8) is 0 Å². The monoisotopic (exact) mass is 330 g/mol. The van der Waals surface area contributed by atoms with Crippen LogP contribution in [0, 0.1) is 5.92 Å². The molecule has 7 heteroatoms. The van der Waals surface area contributed by atoms with Gasteiger partial charge in [-0.15, -0.1) is 0 Å². The van der Waals surface area contributed by atoms with E-state index < -0.39 is 0 Å². The van der Waals surface area contributed by atoms with Crippen molar-refractivity contribution in [3.05, 3.63) is 30.6 Å². The molecule has 3 heterocycles. The highest BCUT2D eigenvalue weighted by Gasteiger charge is 2.30. The van der Waals surface area contributed by atoms with Crippen molar-refractivity contribution in [2.75, 3.05) is 18.4 Å². The molecule has 1 N–H and O–H groups in total. The number of urea groups is 1. The van der Waals surface area contributed by atoms with Crippen LogP contribution >= 0.6 is 0 Å². The van der Waals surface area contributed by atoms with E-state index in [0.29, 0.717) is 12.5 Å². The number of hydrogen-bond acceptors (Lipinski definition) is 3. The van der Waals surface area contributed by atoms with E-state index in [9.17, 15) is 4.79 Å². The lowest BCUT2D eigenvalue weighted by Crippen LogP contribution is -2.45. The van der Waals surface area contributed by atoms with Gasteiger partial charge in [0.15, 0.2) is 0 Å². The number of aromatic nitrogens is 4. The summed E-state index contributed by atoms with van der Waals surface area (Å²) in [6.45, 7) is 7.86. The highest BCUT2D eigenvalue weighted by molar-refractivity contribution is 5.90. The third-order valence-electron chi connectivity index (χ3n) is 4.76. The standard InChI is InChI=1S/C17H26N6O/c1-12(2)16-14(9-21(4)20-16)19-17(24)22-7-5-13(3)15(10-22)23-8-6-18-11-23/h6,8-9,11-13,15H,5,7,10H2,1-4H3,(H,19,24)/t13-,15+/m1/s1. The summed E-state index contributed by atoms with van der Waals surface area (Å²) >= 11 is 0. The molecule has 130 valence electrons. The van der Waals surface area contributed by atoms with Crippen LogP contribution in [0.15, 0.2) is 24.9 Å². The molecule has 1 aliphatic rings. The first-order valence-corrected chi connectivity index (χ1v) is 8.52. The molecule has 0 radical (unpaired) electrons. The smallest absolute Gasteiger partial charge is 0.322 e. The van der Waals surface area contributed by atoms with Gasteiger partial charge in [-0.2, -0.15) is 5.10 Å². The fourth-order valence-corrected chi connectivity index (χ4v) is 3.31. The van der Waals surface area contributed by atoms with Crippen LogP contribution in [0.25, 0.3) is 0 Å². The second kappa shape index (κ2) is 6.67. The van der Waals surface area contributed by atoms with E-state index in [1.165, 1.54) is 0 Å². The minimum absolute atomic E-state index is 0.0538. The molecule has 0 bridgehead atoms. The molecule has 1 fully saturated rings. The average molecular weight is 330 g/mol. The number of carbonyl (C=O) groups excluding carboxylic acids is 1. The third kappa shape index (κ3) is 3.29. The number of rotatable bonds is 3. The number of carbonyl (C=O) groups is 1. The van der Waals surface area contributed by atoms with Crippen molar-refractivity contribution in [2.24, 2.45) is 13.0 Å². The molecule has 0 unspecified atom stereocenters. The predicted octanol–water partition coefficient (Wildman–Crippen LogP) is 2.86. The van der Waals surface area contributed by atoms with Crippen LogP contribution in [-0.2, 0) is 7.05 Å². The summed E-state index contributed by atoms with van der Waals surface area (Å²) in [5.74, 6) is 0.787. The molecule has 1 aliphatic heterocycles. The largest absolute Gasteiger partial charge is 0.332 e. The van der Waals surface area contributed by atoms with Crippen molar-refractivity contribution in [2.45, 2.75) is 39.2 Å². The van der Waals surface area contributed by atoms with Gasteiger partial charge in [-0.3, -0.25) is 4.68 Å². The van der Waals surface area contributed by atoms with E-state index in [4.69, 9.17) is 0 Å². The molecule has 2 aromatic heterocycles. The number of anilines is 1. The summed E-state index contributed by atoms with van der Waals surface area (Å²) in [6.07, 6.45) is 8.45. The Labute approximate surface area is 142 Å². The Bertz CT molecular complexity index is 690. The van der Waals surface area contributed by atoms with Gasteiger partial charge in [0, 0.05) is 38.7 Å². The Hall–Kier alpha value is -2.31. The Morgan fingerprint density at radius 2 is 2.21 bits per heavy atom. The van der Waals surface area contributed by atoms with Gasteiger partial charge < -0.3 is 14.8 Å². The van der Waals surface area contributed by atoms with Gasteiger partial charge in [-0.25, -0.2) is 9.78 Å². The van der Waals surface area contributed by atoms with Gasteiger partial charge in [0.25, 0.3) is 0 Å². The van der Waals surface area contributed by atoms with Crippen LogP contribution < -0.4 is 5.32 Å². The number of amides is 2. The van der Waals surface area contributed by atoms with Crippen LogP contribution in [0.3, 0.4) is 0 Å². The number of nitrogens with zero attached hydrogens (tertiary/aromatic N) is 5. The molecule has 1 saturated heterocycles. The number of nitrogens with one attached hydrogen (secondary N) is 1. The minimum Gasteiger partial charge on any atom is -0.332 e. The second-order valence-electron chi connectivity index (χ2n) is 6.98. The summed E-state index contributed by atoms with van der Waals surface area (Å²) in [5, 5.41) is 7.49. The van der Waals surface area contributed by atoms with Crippen molar-refractivity contribution < 1.29 is 4.79 Å². The predicted molar refractivity (Wildman–Crippen MR) is 92.9 cm³/mol. The Morgan fingerprint density at radius 3 is 2.88 bits per heavy atom. The number of imidazole rings is 1. The zero-order valence-electron chi connectivity index (χ0n) is 14.8. The van der Waals surface area contributed by atoms with E-state index in [-0.39, 0.29) is 18.0 Å². The quantitative estimate of drug-likeness (QED) is 0.941. The fourth-order valence-electron chi connectivity index (χ4n) is 3.31. The van der Waals surface area contributed by atoms with Crippen molar-refractivity contribution in [3.8, 4) is 0 Å². The number of piperidine rings is 1. The zero-order valence-corrected chi connectivity index (χ0v) is 14.8. The molecule has 0 aromatic carbocycles. The van der Waals surface area contributed by atoms with E-state index in [2.05, 4.69) is 40.7 Å². The molecular weight excluding hydrogens is 304 g/mol. The number of likely N-dealkylation sites (tertiary alicyclic amines) is 1. The lowest BCUT2D eigenvalue weighted by molar-refractivity contribution is 0.149. The second-order valence-corrected chi connectivity index (χ2v) is 6.98. The molecule has 0 aliphatic carbocycles. The molecular formula is C17H26N6O. The van der Waals surface area contributed by atoms with E-state index in [1.54, 1.807) is 10.9 Å². The van der Waals surface area contributed by atoms with Gasteiger partial charge in [0.1, 0.15) is 0 Å². The molecule has 2 atom stereocenters. The fraction of sp³-hybridized carbons (Fsp3) is 0.588. The Balaban J connectivity index is 1.71. The molecule has 3 rings (SSSR count). The topological polar surface area (TPSA) is 68.0 Å². The van der Waals surface area contributed by atoms with Crippen LogP contribution in [0.2, 0.25) is 0 Å². The summed E-state index contributed by atoms with van der Waals surface area (Å²) in [4.78, 5) is 18.8. The molecule has 7 nitrogen and oxygen atoms in total. The van der Waals surface area contributed by atoms with Crippen LogP contribution in [0.1, 0.15) is 44.8 Å². The summed E-state index contributed by atoms with van der Waals surface area (Å²) in [5.41, 5.74) is 1.72. The van der Waals surface area contributed by atoms with Crippen LogP contribution in [0.5, 0.6) is 0 Å². The normalized spacial score (nSPS) is 21.3. The first-order valence-electron chi connectivity index (χ1n) is 8.52. The molecule has 0 saturated carbocycles. The Kier molecular flexibility index (Phi) is 4.59. The summed E-state index contributed by atoms with van der Waals surface area (Å²) in [6, 6.07) is 0.215. The highest BCUT2D eigenvalue weighted by atomic mass is 16.2. The third-order valence-corrected chi connectivity index (χ3v) is 4.76. The zero-order chi connectivity index (χ0) is 17.3. The summed E-state index contributed by atoms with van der Waals surface area (Å²) < 4.78 is 3.85. The van der Waals surface area contributed by atoms with Crippen molar-refractivity contribution >= 4 is 11.7 Å². The number of aryl methyl sites for hydroxylation is 1. The highest BCUT2D eigenvalue weighted by Crippen LogP contribution is 2.28. The van der Waals surface area contributed by atoms with E-state index in [1.807, 2.05) is 30.7 Å². The first-order chi connectivity index (χ1) is 11.5. The maximum Gasteiger partial charge on any atom is 0.322 e. The average Bonchev–Trinajstić information content (AvgIpc) is 3.17. The maximum absolute atomic E-state index is 12.7. The maximum atomic E-state index is 12.7. The van der Waals surface area contributed by atoms with Crippen molar-refractivity contribution in [1.29, 1.82) is 0 Å². The van der Waals surface area contributed by atoms with Crippen LogP contribution in [0.4, 0.5) is 10.5 Å². The summed E-state index contributed by atoms with van der Waals surface area (Å²) in [7, 11) is 1.87. The van der Waals surface area contributed by atoms with Gasteiger partial charge in [0.05, 0.1) is 23.8 Å². The van der Waals surface area contributed by atoms with E-state index in [0.717, 1.165) is 24.3 Å². The Morgan fingerprint density at radius 1 is 1.42 bits per heavy atom. The van der Waals surface area contributed by atoms with Gasteiger partial charge in [-0.05, 0) is 18.3 Å². The lowest BCUT2D eigenvalue weighted by atomic mass is 9.93. The molecule has 2 amide bonds. The molecule has 24 heavy (non-hydrogen) atoms. The molecule has 2 aromatic rings. The minimum atomic E-state index is -0.0538. The van der Waals surface area contributed by atoms with Gasteiger partial charge >= 0.3 is 6.03 Å². The van der Waals surface area contributed by atoms with Gasteiger partial charge in [-0.1, -0.05) is 20.8 Å².